The van der Waals surface area contributed by atoms with Gasteiger partial charge in [0, 0.05) is 13.1 Å². The predicted molar refractivity (Wildman–Crippen MR) is 75.6 cm³/mol. The highest BCUT2D eigenvalue weighted by molar-refractivity contribution is 5.86. The predicted octanol–water partition coefficient (Wildman–Crippen LogP) is -0.506. The number of carbonyl (C=O) groups excluding carboxylic acids is 2. The molecule has 8 heteroatoms. The zero-order valence-corrected chi connectivity index (χ0v) is 11.6. The SMILES string of the molecule is O=C1CN(C(=O)Cn2cnc3ccc(F)cc3c2=O)CCN1. The van der Waals surface area contributed by atoms with E-state index in [-0.39, 0.29) is 30.3 Å². The molecule has 0 radical (unpaired) electrons. The van der Waals surface area contributed by atoms with Crippen molar-refractivity contribution in [3.05, 3.63) is 40.7 Å². The molecule has 1 saturated heterocycles. The van der Waals surface area contributed by atoms with Gasteiger partial charge >= 0.3 is 0 Å². The number of rotatable bonds is 2. The highest BCUT2D eigenvalue weighted by Gasteiger charge is 2.21. The molecule has 22 heavy (non-hydrogen) atoms. The van der Waals surface area contributed by atoms with Gasteiger partial charge in [-0.1, -0.05) is 0 Å². The molecule has 7 nitrogen and oxygen atoms in total. The quantitative estimate of drug-likeness (QED) is 0.810. The van der Waals surface area contributed by atoms with Gasteiger partial charge in [-0.2, -0.15) is 0 Å². The minimum atomic E-state index is -0.539. The molecule has 2 heterocycles. The van der Waals surface area contributed by atoms with Crippen molar-refractivity contribution in [3.63, 3.8) is 0 Å². The first kappa shape index (κ1) is 14.2. The number of halogens is 1. The highest BCUT2D eigenvalue weighted by Crippen LogP contribution is 2.08. The van der Waals surface area contributed by atoms with Crippen molar-refractivity contribution in [1.29, 1.82) is 0 Å². The lowest BCUT2D eigenvalue weighted by molar-refractivity contribution is -0.138. The van der Waals surface area contributed by atoms with Crippen LogP contribution in [0.3, 0.4) is 0 Å². The number of amides is 2. The van der Waals surface area contributed by atoms with Gasteiger partial charge in [0.25, 0.3) is 5.56 Å². The van der Waals surface area contributed by atoms with E-state index in [9.17, 15) is 18.8 Å². The molecule has 1 fully saturated rings. The Labute approximate surface area is 124 Å². The Bertz CT molecular complexity index is 817. The molecule has 0 atom stereocenters. The highest BCUT2D eigenvalue weighted by atomic mass is 19.1. The maximum absolute atomic E-state index is 13.2. The van der Waals surface area contributed by atoms with Crippen LogP contribution in [0.2, 0.25) is 0 Å². The lowest BCUT2D eigenvalue weighted by Gasteiger charge is -2.26. The molecule has 1 aliphatic rings. The summed E-state index contributed by atoms with van der Waals surface area (Å²) in [4.78, 5) is 41.1. The summed E-state index contributed by atoms with van der Waals surface area (Å²) in [6, 6.07) is 3.73. The number of nitrogens with one attached hydrogen (secondary N) is 1. The number of carbonyl (C=O) groups is 2. The number of nitrogens with zero attached hydrogens (tertiary/aromatic N) is 3. The third-order valence-electron chi connectivity index (χ3n) is 3.48. The summed E-state index contributed by atoms with van der Waals surface area (Å²) in [5.74, 6) is -1.12. The molecular weight excluding hydrogens is 291 g/mol. The van der Waals surface area contributed by atoms with Gasteiger partial charge in [0.05, 0.1) is 23.8 Å². The maximum atomic E-state index is 13.2. The summed E-state index contributed by atoms with van der Waals surface area (Å²) in [6.07, 6.45) is 1.25. The first-order valence-electron chi connectivity index (χ1n) is 6.74. The lowest BCUT2D eigenvalue weighted by atomic mass is 10.2. The van der Waals surface area contributed by atoms with Crippen molar-refractivity contribution in [2.45, 2.75) is 6.54 Å². The maximum Gasteiger partial charge on any atom is 0.261 e. The largest absolute Gasteiger partial charge is 0.353 e. The van der Waals surface area contributed by atoms with E-state index >= 15 is 0 Å². The Morgan fingerprint density at radius 2 is 2.18 bits per heavy atom. The van der Waals surface area contributed by atoms with Crippen LogP contribution in [0.1, 0.15) is 0 Å². The fraction of sp³-hybridized carbons (Fsp3) is 0.286. The molecule has 3 rings (SSSR count). The minimum Gasteiger partial charge on any atom is -0.353 e. The van der Waals surface area contributed by atoms with Gasteiger partial charge in [0.1, 0.15) is 12.4 Å². The number of fused-ring (bicyclic) bond motifs is 1. The van der Waals surface area contributed by atoms with Crippen LogP contribution >= 0.6 is 0 Å². The number of aromatic nitrogens is 2. The summed E-state index contributed by atoms with van der Waals surface area (Å²) < 4.78 is 14.4. The van der Waals surface area contributed by atoms with Gasteiger partial charge in [-0.25, -0.2) is 9.37 Å². The second kappa shape index (κ2) is 5.55. The molecule has 0 bridgehead atoms. The number of hydrogen-bond acceptors (Lipinski definition) is 4. The summed E-state index contributed by atoms with van der Waals surface area (Å²) in [5.41, 5.74) is -0.119. The van der Waals surface area contributed by atoms with Gasteiger partial charge in [0.15, 0.2) is 0 Å². The molecular formula is C14H13FN4O3. The second-order valence-electron chi connectivity index (χ2n) is 5.00. The number of hydrogen-bond donors (Lipinski definition) is 1. The number of piperazine rings is 1. The van der Waals surface area contributed by atoms with Crippen molar-refractivity contribution in [2.75, 3.05) is 19.6 Å². The fourth-order valence-corrected chi connectivity index (χ4v) is 2.34. The van der Waals surface area contributed by atoms with Gasteiger partial charge in [-0.15, -0.1) is 0 Å². The monoisotopic (exact) mass is 304 g/mol. The zero-order chi connectivity index (χ0) is 15.7. The molecule has 2 amide bonds. The molecule has 0 spiro atoms. The van der Waals surface area contributed by atoms with Crippen LogP contribution in [0.25, 0.3) is 10.9 Å². The molecule has 1 aromatic carbocycles. The van der Waals surface area contributed by atoms with Crippen molar-refractivity contribution < 1.29 is 14.0 Å². The van der Waals surface area contributed by atoms with Crippen LogP contribution in [-0.2, 0) is 16.1 Å². The van der Waals surface area contributed by atoms with Gasteiger partial charge in [0.2, 0.25) is 11.8 Å². The molecule has 114 valence electrons. The van der Waals surface area contributed by atoms with Crippen molar-refractivity contribution in [3.8, 4) is 0 Å². The van der Waals surface area contributed by atoms with Crippen LogP contribution in [0, 0.1) is 5.82 Å². The Hall–Kier alpha value is -2.77. The van der Waals surface area contributed by atoms with E-state index < -0.39 is 11.4 Å². The standard InChI is InChI=1S/C14H13FN4O3/c15-9-1-2-11-10(5-9)14(22)19(8-17-11)7-13(21)18-4-3-16-12(20)6-18/h1-2,5,8H,3-4,6-7H2,(H,16,20). The fourth-order valence-electron chi connectivity index (χ4n) is 2.34. The summed E-state index contributed by atoms with van der Waals surface area (Å²) in [6.45, 7) is 0.532. The van der Waals surface area contributed by atoms with Crippen molar-refractivity contribution in [2.24, 2.45) is 0 Å². The average molecular weight is 304 g/mol. The third-order valence-corrected chi connectivity index (χ3v) is 3.48. The van der Waals surface area contributed by atoms with E-state index in [4.69, 9.17) is 0 Å². The molecule has 0 saturated carbocycles. The first-order chi connectivity index (χ1) is 10.5. The zero-order valence-electron chi connectivity index (χ0n) is 11.6. The minimum absolute atomic E-state index is 0.0246. The summed E-state index contributed by atoms with van der Waals surface area (Å²) in [5, 5.41) is 2.73. The molecule has 0 aliphatic carbocycles. The Balaban J connectivity index is 1.87. The van der Waals surface area contributed by atoms with E-state index in [0.717, 1.165) is 10.6 Å². The van der Waals surface area contributed by atoms with Gasteiger partial charge in [-0.05, 0) is 18.2 Å². The van der Waals surface area contributed by atoms with E-state index in [1.807, 2.05) is 0 Å². The van der Waals surface area contributed by atoms with Gasteiger partial charge in [-0.3, -0.25) is 19.0 Å². The lowest BCUT2D eigenvalue weighted by Crippen LogP contribution is -2.51. The van der Waals surface area contributed by atoms with Crippen LogP contribution in [0.15, 0.2) is 29.3 Å². The Morgan fingerprint density at radius 1 is 1.36 bits per heavy atom. The molecule has 1 N–H and O–H groups in total. The smallest absolute Gasteiger partial charge is 0.261 e. The first-order valence-corrected chi connectivity index (χ1v) is 6.74. The number of benzene rings is 1. The van der Waals surface area contributed by atoms with Crippen molar-refractivity contribution >= 4 is 22.7 Å². The van der Waals surface area contributed by atoms with E-state index in [1.54, 1.807) is 0 Å². The molecule has 1 aliphatic heterocycles. The Kier molecular flexibility index (Phi) is 3.58. The van der Waals surface area contributed by atoms with E-state index in [0.29, 0.717) is 18.6 Å². The third kappa shape index (κ3) is 2.67. The average Bonchev–Trinajstić information content (AvgIpc) is 2.50. The summed E-state index contributed by atoms with van der Waals surface area (Å²) in [7, 11) is 0. The van der Waals surface area contributed by atoms with E-state index in [1.165, 1.54) is 23.4 Å². The van der Waals surface area contributed by atoms with Crippen LogP contribution in [0.5, 0.6) is 0 Å². The summed E-state index contributed by atoms with van der Waals surface area (Å²) >= 11 is 0. The molecule has 1 aromatic heterocycles. The topological polar surface area (TPSA) is 84.3 Å². The Morgan fingerprint density at radius 3 is 2.95 bits per heavy atom. The normalized spacial score (nSPS) is 15.0. The van der Waals surface area contributed by atoms with Crippen molar-refractivity contribution in [1.82, 2.24) is 19.8 Å². The van der Waals surface area contributed by atoms with Crippen LogP contribution < -0.4 is 10.9 Å². The van der Waals surface area contributed by atoms with E-state index in [2.05, 4.69) is 10.3 Å². The van der Waals surface area contributed by atoms with Crippen LogP contribution in [-0.4, -0.2) is 45.9 Å². The second-order valence-corrected chi connectivity index (χ2v) is 5.00. The van der Waals surface area contributed by atoms with Crippen LogP contribution in [0.4, 0.5) is 4.39 Å². The van der Waals surface area contributed by atoms with Gasteiger partial charge < -0.3 is 10.2 Å². The molecule has 2 aromatic rings. The molecule has 0 unspecified atom stereocenters.